The number of thiazole rings is 2. The van der Waals surface area contributed by atoms with Gasteiger partial charge in [0, 0.05) is 40.2 Å². The van der Waals surface area contributed by atoms with Crippen molar-refractivity contribution in [2.75, 3.05) is 19.5 Å². The Balaban J connectivity index is 1.55. The maximum Gasteiger partial charge on any atom is 0.187 e. The van der Waals surface area contributed by atoms with Crippen molar-refractivity contribution < 1.29 is 9.47 Å². The van der Waals surface area contributed by atoms with Gasteiger partial charge >= 0.3 is 0 Å². The number of aromatic nitrogens is 2. The number of hydrogen-bond donors (Lipinski definition) is 1. The summed E-state index contributed by atoms with van der Waals surface area (Å²) in [4.78, 5) is 9.39. The molecule has 0 fully saturated rings. The smallest absolute Gasteiger partial charge is 0.187 e. The number of anilines is 2. The molecule has 5 nitrogen and oxygen atoms in total. The highest BCUT2D eigenvalue weighted by Crippen LogP contribution is 2.33. The SMILES string of the molecule is COc1cc(Nc2nc(-c3nc(-c4ccccc4)cs3)cs2)cc(OC)c1. The lowest BCUT2D eigenvalue weighted by Crippen LogP contribution is -1.93. The average Bonchev–Trinajstić information content (AvgIpc) is 3.38. The van der Waals surface area contributed by atoms with E-state index in [0.29, 0.717) is 0 Å². The Labute approximate surface area is 165 Å². The van der Waals surface area contributed by atoms with Gasteiger partial charge in [-0.1, -0.05) is 30.3 Å². The van der Waals surface area contributed by atoms with Crippen LogP contribution in [0.25, 0.3) is 22.0 Å². The molecule has 7 heteroatoms. The first-order chi connectivity index (χ1) is 13.2. The summed E-state index contributed by atoms with van der Waals surface area (Å²) in [6, 6.07) is 15.8. The van der Waals surface area contributed by atoms with Crippen LogP contribution in [0.2, 0.25) is 0 Å². The molecule has 4 aromatic rings. The van der Waals surface area contributed by atoms with E-state index in [1.165, 1.54) is 11.3 Å². The van der Waals surface area contributed by atoms with E-state index < -0.39 is 0 Å². The Morgan fingerprint density at radius 1 is 0.815 bits per heavy atom. The van der Waals surface area contributed by atoms with Gasteiger partial charge in [-0.25, -0.2) is 9.97 Å². The Kier molecular flexibility index (Phi) is 5.04. The van der Waals surface area contributed by atoms with Crippen molar-refractivity contribution in [3.8, 4) is 33.5 Å². The van der Waals surface area contributed by atoms with Crippen LogP contribution >= 0.6 is 22.7 Å². The van der Waals surface area contributed by atoms with Crippen molar-refractivity contribution in [2.24, 2.45) is 0 Å². The molecule has 4 rings (SSSR count). The van der Waals surface area contributed by atoms with Gasteiger partial charge in [-0.2, -0.15) is 0 Å². The van der Waals surface area contributed by atoms with Crippen LogP contribution in [0.5, 0.6) is 11.5 Å². The summed E-state index contributed by atoms with van der Waals surface area (Å²) in [6.45, 7) is 0. The molecule has 0 aliphatic heterocycles. The molecule has 0 saturated carbocycles. The van der Waals surface area contributed by atoms with Gasteiger partial charge in [0.1, 0.15) is 22.2 Å². The molecule has 2 heterocycles. The third-order valence-electron chi connectivity index (χ3n) is 3.90. The van der Waals surface area contributed by atoms with E-state index in [4.69, 9.17) is 14.5 Å². The lowest BCUT2D eigenvalue weighted by molar-refractivity contribution is 0.395. The zero-order chi connectivity index (χ0) is 18.6. The highest BCUT2D eigenvalue weighted by molar-refractivity contribution is 7.15. The van der Waals surface area contributed by atoms with Gasteiger partial charge in [0.2, 0.25) is 0 Å². The summed E-state index contributed by atoms with van der Waals surface area (Å²) in [6.07, 6.45) is 0. The summed E-state index contributed by atoms with van der Waals surface area (Å²) in [5, 5.41) is 9.07. The second-order valence-corrected chi connectivity index (χ2v) is 7.38. The maximum atomic E-state index is 5.31. The quantitative estimate of drug-likeness (QED) is 0.454. The second-order valence-electron chi connectivity index (χ2n) is 5.67. The Morgan fingerprint density at radius 2 is 1.52 bits per heavy atom. The minimum atomic E-state index is 0.723. The van der Waals surface area contributed by atoms with Crippen molar-refractivity contribution in [1.29, 1.82) is 0 Å². The van der Waals surface area contributed by atoms with Gasteiger partial charge in [-0.15, -0.1) is 22.7 Å². The molecule has 0 unspecified atom stereocenters. The van der Waals surface area contributed by atoms with Gasteiger partial charge in [0.05, 0.1) is 19.9 Å². The molecule has 0 aliphatic rings. The third-order valence-corrected chi connectivity index (χ3v) is 5.52. The highest BCUT2D eigenvalue weighted by Gasteiger charge is 2.11. The number of nitrogens with zero attached hydrogens (tertiary/aromatic N) is 2. The lowest BCUT2D eigenvalue weighted by atomic mass is 10.2. The van der Waals surface area contributed by atoms with E-state index in [9.17, 15) is 0 Å². The zero-order valence-corrected chi connectivity index (χ0v) is 16.4. The van der Waals surface area contributed by atoms with E-state index in [2.05, 4.69) is 27.8 Å². The average molecular weight is 396 g/mol. The molecule has 0 saturated heterocycles. The normalized spacial score (nSPS) is 10.6. The van der Waals surface area contributed by atoms with Crippen LogP contribution < -0.4 is 14.8 Å². The largest absolute Gasteiger partial charge is 0.497 e. The van der Waals surface area contributed by atoms with Gasteiger partial charge in [0.15, 0.2) is 5.13 Å². The molecule has 0 radical (unpaired) electrons. The van der Waals surface area contributed by atoms with E-state index in [0.717, 1.165) is 44.3 Å². The van der Waals surface area contributed by atoms with E-state index in [1.54, 1.807) is 25.6 Å². The Bertz CT molecular complexity index is 1020. The molecule has 0 bridgehead atoms. The molecule has 0 amide bonds. The highest BCUT2D eigenvalue weighted by atomic mass is 32.1. The van der Waals surface area contributed by atoms with E-state index >= 15 is 0 Å². The maximum absolute atomic E-state index is 5.31. The summed E-state index contributed by atoms with van der Waals surface area (Å²) < 4.78 is 10.6. The summed E-state index contributed by atoms with van der Waals surface area (Å²) >= 11 is 3.13. The third kappa shape index (κ3) is 3.94. The first-order valence-electron chi connectivity index (χ1n) is 8.22. The van der Waals surface area contributed by atoms with Crippen LogP contribution in [0.3, 0.4) is 0 Å². The minimum absolute atomic E-state index is 0.723. The summed E-state index contributed by atoms with van der Waals surface area (Å²) in [5.41, 5.74) is 3.80. The van der Waals surface area contributed by atoms with Crippen molar-refractivity contribution >= 4 is 33.5 Å². The minimum Gasteiger partial charge on any atom is -0.497 e. The van der Waals surface area contributed by atoms with E-state index in [1.807, 2.05) is 41.8 Å². The molecular formula is C20H17N3O2S2. The topological polar surface area (TPSA) is 56.3 Å². The van der Waals surface area contributed by atoms with Gasteiger partial charge < -0.3 is 14.8 Å². The van der Waals surface area contributed by atoms with Crippen LogP contribution in [-0.2, 0) is 0 Å². The number of nitrogens with one attached hydrogen (secondary N) is 1. The molecule has 0 spiro atoms. The van der Waals surface area contributed by atoms with Crippen molar-refractivity contribution in [1.82, 2.24) is 9.97 Å². The predicted molar refractivity (Wildman–Crippen MR) is 111 cm³/mol. The van der Waals surface area contributed by atoms with Gasteiger partial charge in [-0.05, 0) is 0 Å². The molecule has 136 valence electrons. The van der Waals surface area contributed by atoms with Crippen LogP contribution in [0.1, 0.15) is 0 Å². The number of rotatable bonds is 6. The van der Waals surface area contributed by atoms with Crippen molar-refractivity contribution in [3.05, 3.63) is 59.3 Å². The molecule has 2 aromatic carbocycles. The fourth-order valence-electron chi connectivity index (χ4n) is 2.57. The Morgan fingerprint density at radius 3 is 2.22 bits per heavy atom. The molecule has 1 N–H and O–H groups in total. The first kappa shape index (κ1) is 17.5. The fourth-order valence-corrected chi connectivity index (χ4v) is 4.14. The van der Waals surface area contributed by atoms with Gasteiger partial charge in [-0.3, -0.25) is 0 Å². The molecular weight excluding hydrogens is 378 g/mol. The molecule has 27 heavy (non-hydrogen) atoms. The van der Waals surface area contributed by atoms with E-state index in [-0.39, 0.29) is 0 Å². The predicted octanol–water partition coefficient (Wildman–Crippen LogP) is 5.69. The summed E-state index contributed by atoms with van der Waals surface area (Å²) in [5.74, 6) is 1.45. The van der Waals surface area contributed by atoms with Crippen molar-refractivity contribution in [2.45, 2.75) is 0 Å². The van der Waals surface area contributed by atoms with Gasteiger partial charge in [0.25, 0.3) is 0 Å². The molecule has 2 aromatic heterocycles. The molecule has 0 aliphatic carbocycles. The lowest BCUT2D eigenvalue weighted by Gasteiger charge is -2.08. The Hall–Kier alpha value is -2.90. The van der Waals surface area contributed by atoms with Crippen molar-refractivity contribution in [3.63, 3.8) is 0 Å². The number of benzene rings is 2. The monoisotopic (exact) mass is 395 g/mol. The number of ether oxygens (including phenoxy) is 2. The first-order valence-corrected chi connectivity index (χ1v) is 9.98. The fraction of sp³-hybridized carbons (Fsp3) is 0.100. The summed E-state index contributed by atoms with van der Waals surface area (Å²) in [7, 11) is 3.26. The van der Waals surface area contributed by atoms with Crippen LogP contribution in [-0.4, -0.2) is 24.2 Å². The van der Waals surface area contributed by atoms with Crippen LogP contribution in [0.15, 0.2) is 59.3 Å². The number of hydrogen-bond acceptors (Lipinski definition) is 7. The zero-order valence-electron chi connectivity index (χ0n) is 14.8. The standard InChI is InChI=1S/C20H17N3O2S2/c1-24-15-8-14(9-16(10-15)25-2)21-20-23-18(12-27-20)19-22-17(11-26-19)13-6-4-3-5-7-13/h3-12H,1-2H3,(H,21,23). The van der Waals surface area contributed by atoms with Crippen LogP contribution in [0, 0.1) is 0 Å². The number of methoxy groups -OCH3 is 2. The van der Waals surface area contributed by atoms with Crippen LogP contribution in [0.4, 0.5) is 10.8 Å². The second kappa shape index (κ2) is 7.77. The molecule has 0 atom stereocenters.